The molecule has 1 aromatic heterocycles. The van der Waals surface area contributed by atoms with Gasteiger partial charge in [0.2, 0.25) is 5.91 Å². The Morgan fingerprint density at radius 2 is 2.06 bits per heavy atom. The number of anilines is 3. The largest absolute Gasteiger partial charge is 0.494 e. The molecule has 35 heavy (non-hydrogen) atoms. The minimum Gasteiger partial charge on any atom is -0.494 e. The maximum Gasteiger partial charge on any atom is 0.320 e. The molecule has 1 heterocycles. The highest BCUT2D eigenvalue weighted by atomic mass is 16.5. The maximum absolute atomic E-state index is 12.5. The molecule has 0 aliphatic rings. The first-order valence-electron chi connectivity index (χ1n) is 10.8. The van der Waals surface area contributed by atoms with Gasteiger partial charge >= 0.3 is 5.97 Å². The number of nitrogens with zero attached hydrogens (tertiary/aromatic N) is 4. The fraction of sp³-hybridized carbons (Fsp3) is 0.240. The zero-order valence-electron chi connectivity index (χ0n) is 19.7. The Morgan fingerprint density at radius 3 is 2.80 bits per heavy atom. The van der Waals surface area contributed by atoms with Gasteiger partial charge in [-0.15, -0.1) is 0 Å². The number of nitriles is 1. The number of hydrogen-bond donors (Lipinski definition) is 2. The lowest BCUT2D eigenvalue weighted by atomic mass is 10.1. The molecule has 10 heteroatoms. The highest BCUT2D eigenvalue weighted by Gasteiger charge is 2.13. The van der Waals surface area contributed by atoms with Crippen molar-refractivity contribution in [2.24, 2.45) is 0 Å². The number of amides is 1. The van der Waals surface area contributed by atoms with Gasteiger partial charge in [-0.2, -0.15) is 5.26 Å². The zero-order chi connectivity index (χ0) is 25.2. The summed E-state index contributed by atoms with van der Waals surface area (Å²) in [7, 11) is 3.26. The second-order valence-corrected chi connectivity index (χ2v) is 7.50. The van der Waals surface area contributed by atoms with Crippen LogP contribution in [-0.4, -0.2) is 60.6 Å². The minimum atomic E-state index is -0.361. The number of methoxy groups -OCH3 is 1. The van der Waals surface area contributed by atoms with Crippen molar-refractivity contribution in [2.45, 2.75) is 6.92 Å². The monoisotopic (exact) mass is 474 g/mol. The van der Waals surface area contributed by atoms with E-state index in [-0.39, 0.29) is 18.4 Å². The van der Waals surface area contributed by atoms with Crippen LogP contribution in [0.3, 0.4) is 0 Å². The van der Waals surface area contributed by atoms with E-state index < -0.39 is 0 Å². The summed E-state index contributed by atoms with van der Waals surface area (Å²) in [5.74, 6) is 0.272. The summed E-state index contributed by atoms with van der Waals surface area (Å²) in [6, 6.07) is 12.6. The number of fused-ring (bicyclic) bond motifs is 1. The van der Waals surface area contributed by atoms with Crippen LogP contribution in [0.1, 0.15) is 12.5 Å². The third kappa shape index (κ3) is 6.99. The number of carbonyl (C=O) groups is 2. The average molecular weight is 475 g/mol. The second kappa shape index (κ2) is 12.1. The summed E-state index contributed by atoms with van der Waals surface area (Å²) in [6.07, 6.45) is 4.46. The molecule has 0 unspecified atom stereocenters. The Morgan fingerprint density at radius 1 is 1.23 bits per heavy atom. The summed E-state index contributed by atoms with van der Waals surface area (Å²) in [4.78, 5) is 34.4. The molecule has 0 fully saturated rings. The Hall–Kier alpha value is -4.49. The smallest absolute Gasteiger partial charge is 0.320 e. The molecule has 0 spiro atoms. The van der Waals surface area contributed by atoms with Gasteiger partial charge in [-0.25, -0.2) is 9.97 Å². The lowest BCUT2D eigenvalue weighted by Gasteiger charge is -2.14. The summed E-state index contributed by atoms with van der Waals surface area (Å²) < 4.78 is 10.3. The number of carbonyl (C=O) groups excluding carboxylic acids is 2. The molecular weight excluding hydrogens is 448 g/mol. The molecule has 1 amide bonds. The van der Waals surface area contributed by atoms with Crippen molar-refractivity contribution in [3.63, 3.8) is 0 Å². The van der Waals surface area contributed by atoms with Crippen LogP contribution in [0.15, 0.2) is 54.9 Å². The molecule has 0 radical (unpaired) electrons. The molecule has 0 saturated carbocycles. The number of nitrogens with one attached hydrogen (secondary N) is 2. The van der Waals surface area contributed by atoms with Crippen LogP contribution < -0.4 is 15.4 Å². The third-order valence-corrected chi connectivity index (χ3v) is 4.86. The fourth-order valence-corrected chi connectivity index (χ4v) is 3.26. The molecule has 0 aliphatic heterocycles. The van der Waals surface area contributed by atoms with E-state index in [0.717, 1.165) is 0 Å². The van der Waals surface area contributed by atoms with Crippen LogP contribution in [0.2, 0.25) is 0 Å². The Balaban J connectivity index is 1.77. The third-order valence-electron chi connectivity index (χ3n) is 4.86. The maximum atomic E-state index is 12.5. The van der Waals surface area contributed by atoms with Crippen LogP contribution in [0.4, 0.5) is 17.2 Å². The van der Waals surface area contributed by atoms with E-state index in [4.69, 9.17) is 14.7 Å². The highest BCUT2D eigenvalue weighted by Crippen LogP contribution is 2.33. The van der Waals surface area contributed by atoms with Gasteiger partial charge in [-0.05, 0) is 38.2 Å². The SMILES string of the molecule is CCOC(=O)CN(C)CC=CC(=O)Nc1cc2c(Nc3cccc(C#N)c3)ncnc2cc1OC. The van der Waals surface area contributed by atoms with Gasteiger partial charge in [0, 0.05) is 29.8 Å². The van der Waals surface area contributed by atoms with Gasteiger partial charge in [0.05, 0.1) is 43.1 Å². The Bertz CT molecular complexity index is 1280. The minimum absolute atomic E-state index is 0.130. The molecule has 0 bridgehead atoms. The van der Waals surface area contributed by atoms with Crippen molar-refractivity contribution in [2.75, 3.05) is 44.5 Å². The van der Waals surface area contributed by atoms with Crippen LogP contribution >= 0.6 is 0 Å². The van der Waals surface area contributed by atoms with Crippen molar-refractivity contribution in [1.82, 2.24) is 14.9 Å². The number of likely N-dealkylation sites (N-methyl/N-ethyl adjacent to an activating group) is 1. The Labute approximate surface area is 203 Å². The van der Waals surface area contributed by atoms with Gasteiger partial charge in [0.15, 0.2) is 0 Å². The van der Waals surface area contributed by atoms with Crippen LogP contribution in [0, 0.1) is 11.3 Å². The van der Waals surface area contributed by atoms with E-state index in [9.17, 15) is 9.59 Å². The lowest BCUT2D eigenvalue weighted by Crippen LogP contribution is -2.27. The molecule has 0 aliphatic carbocycles. The molecule has 180 valence electrons. The highest BCUT2D eigenvalue weighted by molar-refractivity contribution is 6.03. The number of ether oxygens (including phenoxy) is 2. The number of esters is 1. The molecule has 3 aromatic rings. The van der Waals surface area contributed by atoms with Crippen molar-refractivity contribution in [1.29, 1.82) is 5.26 Å². The predicted molar refractivity (Wildman–Crippen MR) is 132 cm³/mol. The van der Waals surface area contributed by atoms with E-state index in [1.165, 1.54) is 19.5 Å². The van der Waals surface area contributed by atoms with Gasteiger partial charge in [-0.3, -0.25) is 14.5 Å². The second-order valence-electron chi connectivity index (χ2n) is 7.50. The zero-order valence-corrected chi connectivity index (χ0v) is 19.7. The first-order chi connectivity index (χ1) is 16.9. The van der Waals surface area contributed by atoms with E-state index >= 15 is 0 Å². The molecular formula is C25H26N6O4. The first kappa shape index (κ1) is 25.1. The van der Waals surface area contributed by atoms with Crippen LogP contribution in [-0.2, 0) is 14.3 Å². The van der Waals surface area contributed by atoms with E-state index in [0.29, 0.717) is 52.6 Å². The number of rotatable bonds is 10. The average Bonchev–Trinajstić information content (AvgIpc) is 2.84. The summed E-state index contributed by atoms with van der Waals surface area (Å²) >= 11 is 0. The molecule has 2 N–H and O–H groups in total. The van der Waals surface area contributed by atoms with Crippen molar-refractivity contribution < 1.29 is 19.1 Å². The quantitative estimate of drug-likeness (QED) is 0.336. The van der Waals surface area contributed by atoms with Crippen molar-refractivity contribution >= 4 is 40.0 Å². The summed E-state index contributed by atoms with van der Waals surface area (Å²) in [6.45, 7) is 2.60. The molecule has 10 nitrogen and oxygen atoms in total. The van der Waals surface area contributed by atoms with E-state index in [1.54, 1.807) is 55.3 Å². The summed E-state index contributed by atoms with van der Waals surface area (Å²) in [5, 5.41) is 15.8. The topological polar surface area (TPSA) is 129 Å². The van der Waals surface area contributed by atoms with Gasteiger partial charge in [0.25, 0.3) is 0 Å². The van der Waals surface area contributed by atoms with Crippen molar-refractivity contribution in [3.8, 4) is 11.8 Å². The van der Waals surface area contributed by atoms with Crippen LogP contribution in [0.5, 0.6) is 5.75 Å². The van der Waals surface area contributed by atoms with E-state index in [2.05, 4.69) is 26.7 Å². The van der Waals surface area contributed by atoms with Gasteiger partial charge in [-0.1, -0.05) is 12.1 Å². The normalized spacial score (nSPS) is 10.8. The lowest BCUT2D eigenvalue weighted by molar-refractivity contribution is -0.143. The van der Waals surface area contributed by atoms with E-state index in [1.807, 2.05) is 6.07 Å². The molecule has 3 rings (SSSR count). The van der Waals surface area contributed by atoms with Crippen molar-refractivity contribution in [3.05, 3.63) is 60.4 Å². The Kier molecular flexibility index (Phi) is 8.70. The molecule has 0 saturated heterocycles. The van der Waals surface area contributed by atoms with Crippen LogP contribution in [0.25, 0.3) is 10.9 Å². The first-order valence-corrected chi connectivity index (χ1v) is 10.8. The van der Waals surface area contributed by atoms with Gasteiger partial charge in [0.1, 0.15) is 17.9 Å². The number of aromatic nitrogens is 2. The molecule has 2 aromatic carbocycles. The fourth-order valence-electron chi connectivity index (χ4n) is 3.26. The standard InChI is InChI=1S/C25H26N6O4/c1-4-35-24(33)15-31(2)10-6-9-23(32)30-21-12-19-20(13-22(21)34-3)27-16-28-25(19)29-18-8-5-7-17(11-18)14-26/h5-9,11-13,16H,4,10,15H2,1-3H3,(H,30,32)(H,27,28,29). The van der Waals surface area contributed by atoms with Gasteiger partial charge < -0.3 is 20.1 Å². The molecule has 0 atom stereocenters. The predicted octanol–water partition coefficient (Wildman–Crippen LogP) is 3.24. The summed E-state index contributed by atoms with van der Waals surface area (Å²) in [5.41, 5.74) is 2.27. The number of benzene rings is 2. The number of hydrogen-bond acceptors (Lipinski definition) is 9.